The minimum absolute atomic E-state index is 0.197. The van der Waals surface area contributed by atoms with Crippen molar-refractivity contribution in [2.24, 2.45) is 5.92 Å². The number of hydrogen-bond acceptors (Lipinski definition) is 4. The minimum atomic E-state index is 0.197. The summed E-state index contributed by atoms with van der Waals surface area (Å²) in [7, 11) is 2.24. The van der Waals surface area contributed by atoms with E-state index in [1.807, 2.05) is 0 Å². The van der Waals surface area contributed by atoms with E-state index in [0.717, 1.165) is 19.1 Å². The summed E-state index contributed by atoms with van der Waals surface area (Å²) >= 11 is 0. The molecule has 0 atom stereocenters. The van der Waals surface area contributed by atoms with E-state index < -0.39 is 0 Å². The van der Waals surface area contributed by atoms with E-state index in [1.54, 1.807) is 0 Å². The molecule has 134 valence electrons. The normalized spacial score (nSPS) is 29.2. The van der Waals surface area contributed by atoms with E-state index in [0.29, 0.717) is 6.04 Å². The molecule has 3 heterocycles. The van der Waals surface area contributed by atoms with E-state index >= 15 is 0 Å². The van der Waals surface area contributed by atoms with Crippen LogP contribution >= 0.6 is 0 Å². The molecule has 3 aliphatic rings. The molecule has 0 aliphatic carbocycles. The van der Waals surface area contributed by atoms with E-state index in [9.17, 15) is 0 Å². The van der Waals surface area contributed by atoms with Gasteiger partial charge < -0.3 is 19.4 Å². The van der Waals surface area contributed by atoms with Crippen LogP contribution in [0.25, 0.3) is 0 Å². The first-order chi connectivity index (χ1) is 11.1. The monoisotopic (exact) mass is 323 g/mol. The topological polar surface area (TPSA) is 19.0 Å². The van der Waals surface area contributed by atoms with Crippen LogP contribution in [0, 0.1) is 5.92 Å². The van der Waals surface area contributed by atoms with Gasteiger partial charge in [-0.15, -0.1) is 0 Å². The van der Waals surface area contributed by atoms with Crippen molar-refractivity contribution in [3.05, 3.63) is 0 Å². The van der Waals surface area contributed by atoms with Gasteiger partial charge in [-0.3, -0.25) is 0 Å². The second kappa shape index (κ2) is 7.81. The molecule has 1 spiro atoms. The van der Waals surface area contributed by atoms with Crippen LogP contribution < -0.4 is 0 Å². The molecule has 3 rings (SSSR count). The van der Waals surface area contributed by atoms with Gasteiger partial charge in [0.2, 0.25) is 0 Å². The van der Waals surface area contributed by atoms with Crippen molar-refractivity contribution < 1.29 is 4.74 Å². The third-order valence-corrected chi connectivity index (χ3v) is 6.49. The van der Waals surface area contributed by atoms with Crippen molar-refractivity contribution >= 4 is 0 Å². The van der Waals surface area contributed by atoms with Crippen LogP contribution in [0.2, 0.25) is 0 Å². The van der Waals surface area contributed by atoms with Crippen molar-refractivity contribution in [1.29, 1.82) is 0 Å². The molecule has 4 heteroatoms. The molecule has 3 saturated heterocycles. The third kappa shape index (κ3) is 4.68. The summed E-state index contributed by atoms with van der Waals surface area (Å²) in [5.41, 5.74) is 0.197. The van der Waals surface area contributed by atoms with E-state index in [2.05, 4.69) is 35.6 Å². The molecule has 0 aromatic heterocycles. The lowest BCUT2D eigenvalue weighted by Gasteiger charge is -2.40. The largest absolute Gasteiger partial charge is 0.374 e. The molecule has 0 amide bonds. The number of piperidine rings is 2. The summed E-state index contributed by atoms with van der Waals surface area (Å²) in [6, 6.07) is 0.715. The molecule has 0 bridgehead atoms. The first-order valence-electron chi connectivity index (χ1n) is 9.85. The summed E-state index contributed by atoms with van der Waals surface area (Å²) in [6.07, 6.45) is 6.46. The summed E-state index contributed by atoms with van der Waals surface area (Å²) in [5.74, 6) is 0.900. The molecule has 0 radical (unpaired) electrons. The van der Waals surface area contributed by atoms with Gasteiger partial charge in [-0.1, -0.05) is 0 Å². The molecule has 3 fully saturated rings. The van der Waals surface area contributed by atoms with Gasteiger partial charge in [0.15, 0.2) is 0 Å². The Labute approximate surface area is 143 Å². The smallest absolute Gasteiger partial charge is 0.0719 e. The zero-order valence-corrected chi connectivity index (χ0v) is 15.6. The number of hydrogen-bond donors (Lipinski definition) is 0. The first kappa shape index (κ1) is 17.7. The van der Waals surface area contributed by atoms with E-state index in [-0.39, 0.29) is 5.60 Å². The number of likely N-dealkylation sites (tertiary alicyclic amines) is 2. The van der Waals surface area contributed by atoms with E-state index in [4.69, 9.17) is 4.74 Å². The molecule has 0 saturated carbocycles. The van der Waals surface area contributed by atoms with Gasteiger partial charge in [-0.25, -0.2) is 0 Å². The Hall–Kier alpha value is -0.160. The molecule has 0 aromatic rings. The molecule has 0 N–H and O–H groups in total. The Morgan fingerprint density at radius 3 is 2.26 bits per heavy atom. The predicted molar refractivity (Wildman–Crippen MR) is 95.9 cm³/mol. The van der Waals surface area contributed by atoms with Crippen molar-refractivity contribution in [1.82, 2.24) is 14.7 Å². The fraction of sp³-hybridized carbons (Fsp3) is 1.00. The Morgan fingerprint density at radius 1 is 0.957 bits per heavy atom. The first-order valence-corrected chi connectivity index (χ1v) is 9.85. The van der Waals surface area contributed by atoms with Crippen LogP contribution in [0.5, 0.6) is 0 Å². The predicted octanol–water partition coefficient (Wildman–Crippen LogP) is 2.29. The standard InChI is InChI=1S/C19H37N3O/c1-17(2)22-9-4-18(5-10-22)16-21-13-8-19(23-15-14-21)6-11-20(3)12-7-19/h17-18H,4-16H2,1-3H3. The highest BCUT2D eigenvalue weighted by atomic mass is 16.5. The van der Waals surface area contributed by atoms with Crippen molar-refractivity contribution in [3.63, 3.8) is 0 Å². The van der Waals surface area contributed by atoms with Crippen LogP contribution in [0.3, 0.4) is 0 Å². The summed E-state index contributed by atoms with van der Waals surface area (Å²) in [5, 5.41) is 0. The number of ether oxygens (including phenoxy) is 1. The Bertz CT molecular complexity index is 358. The SMILES string of the molecule is CC(C)N1CCC(CN2CCOC3(CCN(C)CC3)CC2)CC1. The average Bonchev–Trinajstić information content (AvgIpc) is 2.74. The van der Waals surface area contributed by atoms with Crippen LogP contribution in [0.4, 0.5) is 0 Å². The van der Waals surface area contributed by atoms with Gasteiger partial charge in [0.1, 0.15) is 0 Å². The fourth-order valence-corrected chi connectivity index (χ4v) is 4.56. The Balaban J connectivity index is 1.44. The number of rotatable bonds is 3. The second-order valence-corrected chi connectivity index (χ2v) is 8.46. The second-order valence-electron chi connectivity index (χ2n) is 8.46. The minimum Gasteiger partial charge on any atom is -0.374 e. The maximum atomic E-state index is 6.37. The highest BCUT2D eigenvalue weighted by molar-refractivity contribution is 4.90. The van der Waals surface area contributed by atoms with Gasteiger partial charge in [0, 0.05) is 38.8 Å². The molecular weight excluding hydrogens is 286 g/mol. The molecule has 0 aromatic carbocycles. The lowest BCUT2D eigenvalue weighted by molar-refractivity contribution is -0.0746. The third-order valence-electron chi connectivity index (χ3n) is 6.49. The Morgan fingerprint density at radius 2 is 1.61 bits per heavy atom. The molecule has 0 unspecified atom stereocenters. The van der Waals surface area contributed by atoms with Crippen LogP contribution in [-0.2, 0) is 4.74 Å². The maximum absolute atomic E-state index is 6.37. The van der Waals surface area contributed by atoms with Crippen LogP contribution in [-0.4, -0.2) is 85.8 Å². The molecule has 3 aliphatic heterocycles. The number of nitrogens with zero attached hydrogens (tertiary/aromatic N) is 3. The van der Waals surface area contributed by atoms with Gasteiger partial charge in [-0.05, 0) is 72.0 Å². The molecule has 23 heavy (non-hydrogen) atoms. The van der Waals surface area contributed by atoms with Gasteiger partial charge in [-0.2, -0.15) is 0 Å². The summed E-state index contributed by atoms with van der Waals surface area (Å²) in [6.45, 7) is 14.3. The maximum Gasteiger partial charge on any atom is 0.0719 e. The van der Waals surface area contributed by atoms with Gasteiger partial charge >= 0.3 is 0 Å². The van der Waals surface area contributed by atoms with Gasteiger partial charge in [0.05, 0.1) is 12.2 Å². The van der Waals surface area contributed by atoms with Crippen LogP contribution in [0.15, 0.2) is 0 Å². The zero-order chi connectivity index (χ0) is 16.3. The average molecular weight is 324 g/mol. The van der Waals surface area contributed by atoms with Crippen molar-refractivity contribution in [3.8, 4) is 0 Å². The van der Waals surface area contributed by atoms with Gasteiger partial charge in [0.25, 0.3) is 0 Å². The molecule has 4 nitrogen and oxygen atoms in total. The fourth-order valence-electron chi connectivity index (χ4n) is 4.56. The summed E-state index contributed by atoms with van der Waals surface area (Å²) < 4.78 is 6.37. The zero-order valence-electron chi connectivity index (χ0n) is 15.6. The van der Waals surface area contributed by atoms with Crippen molar-refractivity contribution in [2.45, 2.75) is 57.6 Å². The van der Waals surface area contributed by atoms with Crippen molar-refractivity contribution in [2.75, 3.05) is 59.5 Å². The molecular formula is C19H37N3O. The Kier molecular flexibility index (Phi) is 6.00. The quantitative estimate of drug-likeness (QED) is 0.793. The highest BCUT2D eigenvalue weighted by Crippen LogP contribution is 2.32. The summed E-state index contributed by atoms with van der Waals surface area (Å²) in [4.78, 5) is 7.78. The lowest BCUT2D eigenvalue weighted by Crippen LogP contribution is -2.45. The van der Waals surface area contributed by atoms with Crippen LogP contribution in [0.1, 0.15) is 46.0 Å². The van der Waals surface area contributed by atoms with E-state index in [1.165, 1.54) is 71.4 Å². The lowest BCUT2D eigenvalue weighted by atomic mass is 9.88. The highest BCUT2D eigenvalue weighted by Gasteiger charge is 2.36.